The van der Waals surface area contributed by atoms with Crippen LogP contribution in [-0.4, -0.2) is 67.3 Å². The van der Waals surface area contributed by atoms with Crippen LogP contribution in [0.5, 0.6) is 0 Å². The van der Waals surface area contributed by atoms with Crippen LogP contribution in [0, 0.1) is 11.3 Å². The summed E-state index contributed by atoms with van der Waals surface area (Å²) in [6.07, 6.45) is 1.75. The molecule has 3 heterocycles. The Morgan fingerprint density at radius 1 is 1.48 bits per heavy atom. The van der Waals surface area contributed by atoms with Gasteiger partial charge in [0.1, 0.15) is 0 Å². The zero-order valence-electron chi connectivity index (χ0n) is 13.7. The smallest absolute Gasteiger partial charge is 0.311 e. The van der Waals surface area contributed by atoms with Crippen molar-refractivity contribution in [1.29, 1.82) is 0 Å². The second kappa shape index (κ2) is 7.30. The molecule has 0 saturated carbocycles. The summed E-state index contributed by atoms with van der Waals surface area (Å²) in [5.74, 6) is -0.403. The molecule has 128 valence electrons. The second-order valence-corrected chi connectivity index (χ2v) is 7.84. The van der Waals surface area contributed by atoms with Crippen molar-refractivity contribution < 1.29 is 14.6 Å². The van der Waals surface area contributed by atoms with E-state index in [2.05, 4.69) is 27.3 Å². The summed E-state index contributed by atoms with van der Waals surface area (Å²) in [4.78, 5) is 18.2. The highest BCUT2D eigenvalue weighted by molar-refractivity contribution is 7.09. The first kappa shape index (κ1) is 16.9. The fraction of sp³-hybridized carbons (Fsp3) is 0.706. The van der Waals surface area contributed by atoms with Gasteiger partial charge in [-0.1, -0.05) is 6.07 Å². The lowest BCUT2D eigenvalue weighted by Gasteiger charge is -2.29. The Bertz CT molecular complexity index is 522. The number of fused-ring (bicyclic) bond motifs is 1. The molecule has 23 heavy (non-hydrogen) atoms. The van der Waals surface area contributed by atoms with E-state index in [-0.39, 0.29) is 5.92 Å². The van der Waals surface area contributed by atoms with E-state index in [1.165, 1.54) is 4.88 Å². The van der Waals surface area contributed by atoms with Crippen LogP contribution < -0.4 is 0 Å². The first-order valence-electron chi connectivity index (χ1n) is 8.33. The Morgan fingerprint density at radius 3 is 3.00 bits per heavy atom. The fourth-order valence-corrected chi connectivity index (χ4v) is 4.87. The number of ether oxygens (including phenoxy) is 1. The first-order chi connectivity index (χ1) is 11.1. The van der Waals surface area contributed by atoms with Crippen LogP contribution in [0.25, 0.3) is 0 Å². The maximum absolute atomic E-state index is 12.1. The molecule has 0 bridgehead atoms. The van der Waals surface area contributed by atoms with Gasteiger partial charge in [0.25, 0.3) is 0 Å². The van der Waals surface area contributed by atoms with E-state index in [0.717, 1.165) is 45.6 Å². The molecular formula is C17H26N2O3S. The standard InChI is InChI=1S/C17H26N2O3S/c1-22-8-7-19-11-14-10-18(12-15-4-2-9-23-15)6-3-5-17(14,13-19)16(20)21/h2,4,9,14H,3,5-8,10-13H2,1H3,(H,20,21)/t14-,17-/m0/s1. The molecule has 0 aliphatic carbocycles. The molecule has 1 aromatic heterocycles. The first-order valence-corrected chi connectivity index (χ1v) is 9.21. The molecule has 3 rings (SSSR count). The number of hydrogen-bond acceptors (Lipinski definition) is 5. The summed E-state index contributed by atoms with van der Waals surface area (Å²) >= 11 is 1.78. The van der Waals surface area contributed by atoms with Crippen molar-refractivity contribution in [3.8, 4) is 0 Å². The van der Waals surface area contributed by atoms with Gasteiger partial charge in [0, 0.05) is 50.6 Å². The van der Waals surface area contributed by atoms with Crippen molar-refractivity contribution in [3.63, 3.8) is 0 Å². The third-order valence-corrected chi connectivity index (χ3v) is 6.20. The summed E-state index contributed by atoms with van der Waals surface area (Å²) in [6.45, 7) is 5.87. The number of carboxylic acids is 1. The SMILES string of the molecule is COCCN1C[C@@H]2CN(Cc3cccs3)CCC[C@]2(C(=O)O)C1. The fourth-order valence-electron chi connectivity index (χ4n) is 4.12. The summed E-state index contributed by atoms with van der Waals surface area (Å²) < 4.78 is 5.17. The third kappa shape index (κ3) is 3.60. The minimum atomic E-state index is -0.611. The number of carboxylic acid groups (broad SMARTS) is 1. The highest BCUT2D eigenvalue weighted by Crippen LogP contribution is 2.43. The number of likely N-dealkylation sites (tertiary alicyclic amines) is 2. The normalized spacial score (nSPS) is 29.3. The molecule has 1 aromatic rings. The molecule has 0 amide bonds. The number of carbonyl (C=O) groups is 1. The molecule has 6 heteroatoms. The Morgan fingerprint density at radius 2 is 2.30 bits per heavy atom. The molecule has 5 nitrogen and oxygen atoms in total. The number of aliphatic carboxylic acids is 1. The predicted molar refractivity (Wildman–Crippen MR) is 90.7 cm³/mol. The number of rotatable bonds is 6. The van der Waals surface area contributed by atoms with Gasteiger partial charge in [-0.3, -0.25) is 14.6 Å². The van der Waals surface area contributed by atoms with Gasteiger partial charge in [-0.2, -0.15) is 0 Å². The molecule has 2 aliphatic heterocycles. The van der Waals surface area contributed by atoms with Crippen LogP contribution in [0.2, 0.25) is 0 Å². The molecular weight excluding hydrogens is 312 g/mol. The van der Waals surface area contributed by atoms with Crippen LogP contribution >= 0.6 is 11.3 Å². The Balaban J connectivity index is 1.71. The largest absolute Gasteiger partial charge is 0.481 e. The molecule has 0 unspecified atom stereocenters. The number of thiophene rings is 1. The quantitative estimate of drug-likeness (QED) is 0.860. The number of methoxy groups -OCH3 is 1. The van der Waals surface area contributed by atoms with E-state index in [9.17, 15) is 9.90 Å². The van der Waals surface area contributed by atoms with E-state index in [1.54, 1.807) is 18.4 Å². The van der Waals surface area contributed by atoms with E-state index < -0.39 is 11.4 Å². The molecule has 2 atom stereocenters. The van der Waals surface area contributed by atoms with E-state index in [4.69, 9.17) is 4.74 Å². The van der Waals surface area contributed by atoms with Crippen molar-refractivity contribution in [2.24, 2.45) is 11.3 Å². The average Bonchev–Trinajstić information content (AvgIpc) is 3.11. The maximum atomic E-state index is 12.1. The Kier molecular flexibility index (Phi) is 5.36. The van der Waals surface area contributed by atoms with Crippen molar-refractivity contribution in [2.45, 2.75) is 19.4 Å². The van der Waals surface area contributed by atoms with Gasteiger partial charge in [-0.15, -0.1) is 11.3 Å². The molecule has 0 radical (unpaired) electrons. The molecule has 1 N–H and O–H groups in total. The van der Waals surface area contributed by atoms with Gasteiger partial charge >= 0.3 is 5.97 Å². The second-order valence-electron chi connectivity index (χ2n) is 6.80. The van der Waals surface area contributed by atoms with Crippen molar-refractivity contribution in [1.82, 2.24) is 9.80 Å². The molecule has 2 saturated heterocycles. The Labute approximate surface area is 141 Å². The highest BCUT2D eigenvalue weighted by atomic mass is 32.1. The van der Waals surface area contributed by atoms with Crippen LogP contribution in [0.1, 0.15) is 17.7 Å². The van der Waals surface area contributed by atoms with Crippen molar-refractivity contribution in [3.05, 3.63) is 22.4 Å². The van der Waals surface area contributed by atoms with Crippen molar-refractivity contribution in [2.75, 3.05) is 46.4 Å². The number of nitrogens with zero attached hydrogens (tertiary/aromatic N) is 2. The predicted octanol–water partition coefficient (Wildman–Crippen LogP) is 1.99. The topological polar surface area (TPSA) is 53.0 Å². The van der Waals surface area contributed by atoms with Gasteiger partial charge in [-0.05, 0) is 30.8 Å². The minimum Gasteiger partial charge on any atom is -0.481 e. The molecule has 2 fully saturated rings. The van der Waals surface area contributed by atoms with Crippen LogP contribution in [-0.2, 0) is 16.1 Å². The summed E-state index contributed by atoms with van der Waals surface area (Å²) in [7, 11) is 1.70. The Hall–Kier alpha value is -0.950. The molecule has 0 spiro atoms. The average molecular weight is 338 g/mol. The lowest BCUT2D eigenvalue weighted by Crippen LogP contribution is -2.41. The zero-order valence-corrected chi connectivity index (χ0v) is 14.6. The minimum absolute atomic E-state index is 0.208. The molecule has 2 aliphatic rings. The molecule has 0 aromatic carbocycles. The van der Waals surface area contributed by atoms with Gasteiger partial charge in [0.15, 0.2) is 0 Å². The van der Waals surface area contributed by atoms with Gasteiger partial charge in [0.2, 0.25) is 0 Å². The van der Waals surface area contributed by atoms with Gasteiger partial charge in [-0.25, -0.2) is 0 Å². The van der Waals surface area contributed by atoms with Crippen LogP contribution in [0.4, 0.5) is 0 Å². The van der Waals surface area contributed by atoms with E-state index >= 15 is 0 Å². The lowest BCUT2D eigenvalue weighted by atomic mass is 9.75. The zero-order chi connectivity index (χ0) is 16.3. The van der Waals surface area contributed by atoms with Crippen LogP contribution in [0.3, 0.4) is 0 Å². The van der Waals surface area contributed by atoms with Gasteiger partial charge < -0.3 is 9.84 Å². The maximum Gasteiger partial charge on any atom is 0.311 e. The summed E-state index contributed by atoms with van der Waals surface area (Å²) in [5, 5.41) is 12.0. The summed E-state index contributed by atoms with van der Waals surface area (Å²) in [5.41, 5.74) is -0.571. The highest BCUT2D eigenvalue weighted by Gasteiger charge is 2.53. The van der Waals surface area contributed by atoms with E-state index in [1.807, 2.05) is 0 Å². The summed E-state index contributed by atoms with van der Waals surface area (Å²) in [6, 6.07) is 4.25. The third-order valence-electron chi connectivity index (χ3n) is 5.34. The van der Waals surface area contributed by atoms with E-state index in [0.29, 0.717) is 13.2 Å². The lowest BCUT2D eigenvalue weighted by molar-refractivity contribution is -0.151. The van der Waals surface area contributed by atoms with Crippen molar-refractivity contribution >= 4 is 17.3 Å². The number of hydrogen-bond donors (Lipinski definition) is 1. The monoisotopic (exact) mass is 338 g/mol. The van der Waals surface area contributed by atoms with Crippen LogP contribution in [0.15, 0.2) is 17.5 Å². The van der Waals surface area contributed by atoms with Gasteiger partial charge in [0.05, 0.1) is 12.0 Å².